The van der Waals surface area contributed by atoms with Gasteiger partial charge in [-0.1, -0.05) is 0 Å². The van der Waals surface area contributed by atoms with Gasteiger partial charge in [0.2, 0.25) is 0 Å². The zero-order chi connectivity index (χ0) is 15.1. The zero-order valence-electron chi connectivity index (χ0n) is 12.5. The lowest BCUT2D eigenvalue weighted by Gasteiger charge is -2.11. The van der Waals surface area contributed by atoms with Crippen molar-refractivity contribution in [3.8, 4) is 0 Å². The van der Waals surface area contributed by atoms with E-state index in [-0.39, 0.29) is 11.8 Å². The van der Waals surface area contributed by atoms with Crippen molar-refractivity contribution in [1.82, 2.24) is 5.32 Å². The summed E-state index contributed by atoms with van der Waals surface area (Å²) in [7, 11) is 0. The second-order valence-electron chi connectivity index (χ2n) is 5.47. The van der Waals surface area contributed by atoms with Crippen LogP contribution >= 0.6 is 0 Å². The van der Waals surface area contributed by atoms with Crippen LogP contribution in [-0.2, 0) is 4.74 Å². The normalized spacial score (nSPS) is 17.7. The fraction of sp³-hybridized carbons (Fsp3) is 0.562. The molecule has 0 saturated carbocycles. The minimum absolute atomic E-state index is 0.248. The predicted molar refractivity (Wildman–Crippen MR) is 81.0 cm³/mol. The number of aryl methyl sites for hydroxylation is 1. The van der Waals surface area contributed by atoms with Crippen LogP contribution in [0, 0.1) is 12.7 Å². The lowest BCUT2D eigenvalue weighted by atomic mass is 10.1. The van der Waals surface area contributed by atoms with Gasteiger partial charge < -0.3 is 15.4 Å². The van der Waals surface area contributed by atoms with Gasteiger partial charge in [0.1, 0.15) is 5.82 Å². The molecule has 0 radical (unpaired) electrons. The SMILES string of the molecule is Cc1cc(F)ccc1NC(=O)NCCCC[C@H]1CCCO1. The molecule has 1 fully saturated rings. The first-order valence-corrected chi connectivity index (χ1v) is 7.58. The smallest absolute Gasteiger partial charge is 0.319 e. The average Bonchev–Trinajstić information content (AvgIpc) is 2.95. The Hall–Kier alpha value is -1.62. The number of ether oxygens (including phenoxy) is 1. The van der Waals surface area contributed by atoms with E-state index in [1.54, 1.807) is 13.0 Å². The maximum absolute atomic E-state index is 13.0. The van der Waals surface area contributed by atoms with Crippen LogP contribution in [0.2, 0.25) is 0 Å². The third-order valence-electron chi connectivity index (χ3n) is 3.70. The van der Waals surface area contributed by atoms with Gasteiger partial charge >= 0.3 is 6.03 Å². The number of nitrogens with one attached hydrogen (secondary N) is 2. The van der Waals surface area contributed by atoms with Crippen molar-refractivity contribution >= 4 is 11.7 Å². The van der Waals surface area contributed by atoms with Gasteiger partial charge in [-0.25, -0.2) is 9.18 Å². The molecule has 1 atom stereocenters. The predicted octanol–water partition coefficient (Wildman–Crippen LogP) is 3.60. The first-order chi connectivity index (χ1) is 10.1. The van der Waals surface area contributed by atoms with Gasteiger partial charge in [0.25, 0.3) is 0 Å². The summed E-state index contributed by atoms with van der Waals surface area (Å²) in [6, 6.07) is 4.06. The Balaban J connectivity index is 1.60. The highest BCUT2D eigenvalue weighted by atomic mass is 19.1. The Morgan fingerprint density at radius 2 is 2.29 bits per heavy atom. The molecule has 2 amide bonds. The molecule has 0 bridgehead atoms. The average molecular weight is 294 g/mol. The Kier molecular flexibility index (Phi) is 5.99. The van der Waals surface area contributed by atoms with Gasteiger partial charge in [0.05, 0.1) is 6.10 Å². The molecule has 0 unspecified atom stereocenters. The van der Waals surface area contributed by atoms with Crippen LogP contribution in [0.3, 0.4) is 0 Å². The van der Waals surface area contributed by atoms with Crippen LogP contribution in [0.4, 0.5) is 14.9 Å². The highest BCUT2D eigenvalue weighted by molar-refractivity contribution is 5.89. The van der Waals surface area contributed by atoms with Crippen LogP contribution in [0.5, 0.6) is 0 Å². The Bertz CT molecular complexity index is 473. The van der Waals surface area contributed by atoms with E-state index >= 15 is 0 Å². The van der Waals surface area contributed by atoms with Crippen molar-refractivity contribution in [2.24, 2.45) is 0 Å². The number of hydrogen-bond acceptors (Lipinski definition) is 2. The number of anilines is 1. The van der Waals surface area contributed by atoms with E-state index in [1.165, 1.54) is 18.6 Å². The molecule has 1 aliphatic heterocycles. The quantitative estimate of drug-likeness (QED) is 0.788. The number of carbonyl (C=O) groups excluding carboxylic acids is 1. The third-order valence-corrected chi connectivity index (χ3v) is 3.70. The number of rotatable bonds is 6. The van der Waals surface area contributed by atoms with Gasteiger partial charge in [0, 0.05) is 18.8 Å². The molecule has 1 aromatic carbocycles. The van der Waals surface area contributed by atoms with Crippen LogP contribution in [-0.4, -0.2) is 25.3 Å². The highest BCUT2D eigenvalue weighted by Gasteiger charge is 2.14. The zero-order valence-corrected chi connectivity index (χ0v) is 12.5. The second-order valence-corrected chi connectivity index (χ2v) is 5.47. The fourth-order valence-corrected chi connectivity index (χ4v) is 2.50. The van der Waals surface area contributed by atoms with Crippen LogP contribution < -0.4 is 10.6 Å². The van der Waals surface area contributed by atoms with Gasteiger partial charge in [0.15, 0.2) is 0 Å². The molecule has 116 valence electrons. The molecule has 0 aromatic heterocycles. The number of halogens is 1. The molecule has 5 heteroatoms. The van der Waals surface area contributed by atoms with E-state index in [2.05, 4.69) is 10.6 Å². The summed E-state index contributed by atoms with van der Waals surface area (Å²) in [4.78, 5) is 11.7. The summed E-state index contributed by atoms with van der Waals surface area (Å²) in [6.45, 7) is 3.29. The summed E-state index contributed by atoms with van der Waals surface area (Å²) in [5.41, 5.74) is 1.34. The summed E-state index contributed by atoms with van der Waals surface area (Å²) in [6.07, 6.45) is 5.82. The Morgan fingerprint density at radius 3 is 3.00 bits per heavy atom. The summed E-state index contributed by atoms with van der Waals surface area (Å²) < 4.78 is 18.5. The first kappa shape index (κ1) is 15.8. The molecule has 4 nitrogen and oxygen atoms in total. The largest absolute Gasteiger partial charge is 0.378 e. The molecule has 1 aromatic rings. The highest BCUT2D eigenvalue weighted by Crippen LogP contribution is 2.17. The van der Waals surface area contributed by atoms with E-state index in [9.17, 15) is 9.18 Å². The monoisotopic (exact) mass is 294 g/mol. The van der Waals surface area contributed by atoms with E-state index in [1.807, 2.05) is 0 Å². The van der Waals surface area contributed by atoms with Crippen molar-refractivity contribution in [3.63, 3.8) is 0 Å². The number of hydrogen-bond donors (Lipinski definition) is 2. The number of carbonyl (C=O) groups is 1. The maximum atomic E-state index is 13.0. The summed E-state index contributed by atoms with van der Waals surface area (Å²) in [5, 5.41) is 5.54. The van der Waals surface area contributed by atoms with E-state index in [0.29, 0.717) is 23.9 Å². The number of urea groups is 1. The van der Waals surface area contributed by atoms with Gasteiger partial charge in [-0.05, 0) is 62.8 Å². The number of amides is 2. The topological polar surface area (TPSA) is 50.4 Å². The van der Waals surface area contributed by atoms with E-state index in [4.69, 9.17) is 4.74 Å². The molecule has 1 saturated heterocycles. The summed E-state index contributed by atoms with van der Waals surface area (Å²) in [5.74, 6) is -0.299. The van der Waals surface area contributed by atoms with Gasteiger partial charge in [-0.15, -0.1) is 0 Å². The Labute approximate surface area is 125 Å². The lowest BCUT2D eigenvalue weighted by Crippen LogP contribution is -2.29. The molecule has 2 rings (SSSR count). The molecule has 21 heavy (non-hydrogen) atoms. The molecule has 0 spiro atoms. The third kappa shape index (κ3) is 5.34. The van der Waals surface area contributed by atoms with Crippen molar-refractivity contribution in [3.05, 3.63) is 29.6 Å². The van der Waals surface area contributed by atoms with Crippen molar-refractivity contribution < 1.29 is 13.9 Å². The fourth-order valence-electron chi connectivity index (χ4n) is 2.50. The van der Waals surface area contributed by atoms with Crippen LogP contribution in [0.25, 0.3) is 0 Å². The molecule has 2 N–H and O–H groups in total. The first-order valence-electron chi connectivity index (χ1n) is 7.58. The molecule has 1 heterocycles. The Morgan fingerprint density at radius 1 is 1.43 bits per heavy atom. The standard InChI is InChI=1S/C16H23FN2O2/c1-12-11-13(17)7-8-15(12)19-16(20)18-9-3-2-5-14-6-4-10-21-14/h7-8,11,14H,2-6,9-10H2,1H3,(H2,18,19,20)/t14-/m0/s1. The second kappa shape index (κ2) is 7.98. The van der Waals surface area contributed by atoms with Crippen molar-refractivity contribution in [2.75, 3.05) is 18.5 Å². The maximum Gasteiger partial charge on any atom is 0.319 e. The number of unbranched alkanes of at least 4 members (excludes halogenated alkanes) is 1. The van der Waals surface area contributed by atoms with Crippen LogP contribution in [0.15, 0.2) is 18.2 Å². The molecular formula is C16H23FN2O2. The van der Waals surface area contributed by atoms with Crippen LogP contribution in [0.1, 0.15) is 37.7 Å². The number of benzene rings is 1. The van der Waals surface area contributed by atoms with Gasteiger partial charge in [-0.3, -0.25) is 0 Å². The van der Waals surface area contributed by atoms with E-state index < -0.39 is 0 Å². The van der Waals surface area contributed by atoms with Crippen molar-refractivity contribution in [1.29, 1.82) is 0 Å². The lowest BCUT2D eigenvalue weighted by molar-refractivity contribution is 0.102. The summed E-state index contributed by atoms with van der Waals surface area (Å²) >= 11 is 0. The molecular weight excluding hydrogens is 271 g/mol. The molecule has 1 aliphatic rings. The van der Waals surface area contributed by atoms with Crippen molar-refractivity contribution in [2.45, 2.75) is 45.1 Å². The van der Waals surface area contributed by atoms with E-state index in [0.717, 1.165) is 32.3 Å². The minimum atomic E-state index is -0.299. The van der Waals surface area contributed by atoms with Gasteiger partial charge in [-0.2, -0.15) is 0 Å². The molecule has 0 aliphatic carbocycles. The minimum Gasteiger partial charge on any atom is -0.378 e.